The lowest BCUT2D eigenvalue weighted by Crippen LogP contribution is -2.30. The molecule has 0 fully saturated rings. The third kappa shape index (κ3) is 5.14. The van der Waals surface area contributed by atoms with E-state index in [-0.39, 0.29) is 24.8 Å². The molecule has 2 aromatic rings. The van der Waals surface area contributed by atoms with Gasteiger partial charge in [-0.1, -0.05) is 29.8 Å². The number of nitrogens with one attached hydrogen (secondary N) is 2. The number of ether oxygens (including phenoxy) is 1. The van der Waals surface area contributed by atoms with Crippen LogP contribution in [0.3, 0.4) is 0 Å². The van der Waals surface area contributed by atoms with E-state index in [1.54, 1.807) is 43.5 Å². The number of methoxy groups -OCH3 is 1. The summed E-state index contributed by atoms with van der Waals surface area (Å²) in [6.45, 7) is 2.26. The number of benzene rings is 2. The number of ketones is 1. The molecule has 5 heteroatoms. The number of aryl methyl sites for hydroxylation is 1. The second-order valence-electron chi connectivity index (χ2n) is 5.15. The zero-order valence-corrected chi connectivity index (χ0v) is 13.3. The Balaban J connectivity index is 1.75. The first-order chi connectivity index (χ1) is 11.1. The van der Waals surface area contributed by atoms with Crippen LogP contribution in [0.2, 0.25) is 0 Å². The third-order valence-corrected chi connectivity index (χ3v) is 3.36. The first-order valence-corrected chi connectivity index (χ1v) is 7.37. The molecule has 0 aromatic heterocycles. The van der Waals surface area contributed by atoms with Gasteiger partial charge < -0.3 is 15.4 Å². The van der Waals surface area contributed by atoms with Crippen LogP contribution in [-0.2, 0) is 0 Å². The fourth-order valence-corrected chi connectivity index (χ4v) is 2.02. The molecule has 0 bridgehead atoms. The number of hydrogen-bond acceptors (Lipinski definition) is 3. The summed E-state index contributed by atoms with van der Waals surface area (Å²) < 4.78 is 5.05. The number of amides is 2. The largest absolute Gasteiger partial charge is 0.497 e. The number of carbonyl (C=O) groups is 2. The molecule has 5 nitrogen and oxygen atoms in total. The van der Waals surface area contributed by atoms with Crippen molar-refractivity contribution in [1.29, 1.82) is 0 Å². The second-order valence-corrected chi connectivity index (χ2v) is 5.15. The Morgan fingerprint density at radius 3 is 2.26 bits per heavy atom. The number of hydrogen-bond donors (Lipinski definition) is 2. The van der Waals surface area contributed by atoms with E-state index in [1.165, 1.54) is 0 Å². The highest BCUT2D eigenvalue weighted by molar-refractivity contribution is 5.96. The van der Waals surface area contributed by atoms with Crippen LogP contribution in [0.4, 0.5) is 10.5 Å². The van der Waals surface area contributed by atoms with Gasteiger partial charge in [-0.3, -0.25) is 4.79 Å². The minimum atomic E-state index is -0.341. The lowest BCUT2D eigenvalue weighted by atomic mass is 10.1. The molecule has 23 heavy (non-hydrogen) atoms. The molecule has 2 rings (SSSR count). The average molecular weight is 312 g/mol. The van der Waals surface area contributed by atoms with E-state index in [0.29, 0.717) is 11.3 Å². The van der Waals surface area contributed by atoms with E-state index in [0.717, 1.165) is 11.3 Å². The van der Waals surface area contributed by atoms with Gasteiger partial charge in [0.05, 0.1) is 7.11 Å². The SMILES string of the molecule is COc1ccc(NC(=O)NCCC(=O)c2ccc(C)cc2)cc1. The van der Waals surface area contributed by atoms with Crippen molar-refractivity contribution < 1.29 is 14.3 Å². The second kappa shape index (κ2) is 7.98. The first-order valence-electron chi connectivity index (χ1n) is 7.37. The average Bonchev–Trinajstić information content (AvgIpc) is 2.56. The lowest BCUT2D eigenvalue weighted by molar-refractivity contribution is 0.0984. The minimum absolute atomic E-state index is 0.00903. The highest BCUT2D eigenvalue weighted by atomic mass is 16.5. The van der Waals surface area contributed by atoms with E-state index in [4.69, 9.17) is 4.74 Å². The molecule has 0 spiro atoms. The van der Waals surface area contributed by atoms with E-state index in [9.17, 15) is 9.59 Å². The number of rotatable bonds is 6. The van der Waals surface area contributed by atoms with Gasteiger partial charge in [-0.25, -0.2) is 4.79 Å². The van der Waals surface area contributed by atoms with Crippen molar-refractivity contribution in [2.75, 3.05) is 19.0 Å². The summed E-state index contributed by atoms with van der Waals surface area (Å²) in [7, 11) is 1.58. The molecule has 0 heterocycles. The van der Waals surface area contributed by atoms with Gasteiger partial charge in [0, 0.05) is 24.2 Å². The van der Waals surface area contributed by atoms with Crippen LogP contribution < -0.4 is 15.4 Å². The summed E-state index contributed by atoms with van der Waals surface area (Å²) in [6.07, 6.45) is 0.263. The summed E-state index contributed by atoms with van der Waals surface area (Å²) >= 11 is 0. The van der Waals surface area contributed by atoms with Crippen molar-refractivity contribution in [2.45, 2.75) is 13.3 Å². The Labute approximate surface area is 135 Å². The number of anilines is 1. The van der Waals surface area contributed by atoms with Gasteiger partial charge in [0.1, 0.15) is 5.75 Å². The van der Waals surface area contributed by atoms with E-state index in [1.807, 2.05) is 19.1 Å². The third-order valence-electron chi connectivity index (χ3n) is 3.36. The molecule has 0 saturated heterocycles. The maximum Gasteiger partial charge on any atom is 0.319 e. The van der Waals surface area contributed by atoms with Crippen LogP contribution in [0.15, 0.2) is 48.5 Å². The molecule has 0 unspecified atom stereocenters. The fourth-order valence-electron chi connectivity index (χ4n) is 2.02. The predicted octanol–water partition coefficient (Wildman–Crippen LogP) is 3.40. The van der Waals surface area contributed by atoms with Crippen LogP contribution in [-0.4, -0.2) is 25.5 Å². The Morgan fingerprint density at radius 2 is 1.65 bits per heavy atom. The van der Waals surface area contributed by atoms with E-state index in [2.05, 4.69) is 10.6 Å². The van der Waals surface area contributed by atoms with Crippen molar-refractivity contribution in [3.63, 3.8) is 0 Å². The van der Waals surface area contributed by atoms with Gasteiger partial charge >= 0.3 is 6.03 Å². The Hall–Kier alpha value is -2.82. The van der Waals surface area contributed by atoms with Gasteiger partial charge in [-0.05, 0) is 31.2 Å². The molecular weight excluding hydrogens is 292 g/mol. The summed E-state index contributed by atoms with van der Waals surface area (Å²) in [5.41, 5.74) is 2.43. The fraction of sp³-hybridized carbons (Fsp3) is 0.222. The lowest BCUT2D eigenvalue weighted by Gasteiger charge is -2.08. The van der Waals surface area contributed by atoms with Crippen molar-refractivity contribution in [2.24, 2.45) is 0 Å². The topological polar surface area (TPSA) is 67.4 Å². The Morgan fingerprint density at radius 1 is 1.00 bits per heavy atom. The molecule has 2 aromatic carbocycles. The van der Waals surface area contributed by atoms with Gasteiger partial charge in [0.25, 0.3) is 0 Å². The summed E-state index contributed by atoms with van der Waals surface area (Å²) in [5.74, 6) is 0.731. The molecule has 0 aliphatic rings. The van der Waals surface area contributed by atoms with Crippen molar-refractivity contribution in [3.8, 4) is 5.75 Å². The smallest absolute Gasteiger partial charge is 0.319 e. The van der Waals surface area contributed by atoms with Gasteiger partial charge in [-0.15, -0.1) is 0 Å². The number of carbonyl (C=O) groups excluding carboxylic acids is 2. The molecule has 0 aliphatic heterocycles. The summed E-state index contributed by atoms with van der Waals surface area (Å²) in [6, 6.07) is 14.1. The zero-order chi connectivity index (χ0) is 16.7. The molecule has 0 radical (unpaired) electrons. The predicted molar refractivity (Wildman–Crippen MR) is 90.1 cm³/mol. The maximum absolute atomic E-state index is 12.0. The molecule has 0 aliphatic carbocycles. The normalized spacial score (nSPS) is 10.0. The standard InChI is InChI=1S/C18H20N2O3/c1-13-3-5-14(6-4-13)17(21)11-12-19-18(22)20-15-7-9-16(23-2)10-8-15/h3-10H,11-12H2,1-2H3,(H2,19,20,22). The van der Waals surface area contributed by atoms with Crippen LogP contribution in [0, 0.1) is 6.92 Å². The molecule has 120 valence electrons. The quantitative estimate of drug-likeness (QED) is 0.803. The van der Waals surface area contributed by atoms with Crippen LogP contribution in [0.5, 0.6) is 5.75 Å². The van der Waals surface area contributed by atoms with E-state index >= 15 is 0 Å². The molecule has 0 atom stereocenters. The zero-order valence-electron chi connectivity index (χ0n) is 13.3. The number of urea groups is 1. The van der Waals surface area contributed by atoms with Crippen molar-refractivity contribution in [1.82, 2.24) is 5.32 Å². The Bertz CT molecular complexity index is 664. The van der Waals surface area contributed by atoms with E-state index < -0.39 is 0 Å². The van der Waals surface area contributed by atoms with Crippen LogP contribution in [0.25, 0.3) is 0 Å². The van der Waals surface area contributed by atoms with Crippen molar-refractivity contribution >= 4 is 17.5 Å². The maximum atomic E-state index is 12.0. The van der Waals surface area contributed by atoms with Gasteiger partial charge in [-0.2, -0.15) is 0 Å². The van der Waals surface area contributed by atoms with Gasteiger partial charge in [0.15, 0.2) is 5.78 Å². The summed E-state index contributed by atoms with van der Waals surface area (Å²) in [4.78, 5) is 23.7. The van der Waals surface area contributed by atoms with Crippen molar-refractivity contribution in [3.05, 3.63) is 59.7 Å². The molecule has 2 amide bonds. The molecule has 0 saturated carbocycles. The highest BCUT2D eigenvalue weighted by Gasteiger charge is 2.07. The molecule has 2 N–H and O–H groups in total. The monoisotopic (exact) mass is 312 g/mol. The Kier molecular flexibility index (Phi) is 5.74. The van der Waals surface area contributed by atoms with Crippen LogP contribution in [0.1, 0.15) is 22.3 Å². The molecular formula is C18H20N2O3. The highest BCUT2D eigenvalue weighted by Crippen LogP contribution is 2.14. The first kappa shape index (κ1) is 16.5. The number of Topliss-reactive ketones (excluding diaryl/α,β-unsaturated/α-hetero) is 1. The van der Waals surface area contributed by atoms with Crippen LogP contribution >= 0.6 is 0 Å². The minimum Gasteiger partial charge on any atom is -0.497 e. The van der Waals surface area contributed by atoms with Gasteiger partial charge in [0.2, 0.25) is 0 Å². The summed E-state index contributed by atoms with van der Waals surface area (Å²) in [5, 5.41) is 5.37.